The number of benzene rings is 1. The number of hydrogen-bond acceptors (Lipinski definition) is 2. The van der Waals surface area contributed by atoms with Gasteiger partial charge in [0.05, 0.1) is 16.3 Å². The molecular formula is C18H24ClN2OS+. The highest BCUT2D eigenvalue weighted by Gasteiger charge is 2.15. The number of rotatable bonds is 6. The molecule has 5 heteroatoms. The minimum Gasteiger partial charge on any atom is -0.325 e. The number of aryl methyl sites for hydroxylation is 1. The summed E-state index contributed by atoms with van der Waals surface area (Å²) in [4.78, 5) is 14.7. The Kier molecular flexibility index (Phi) is 6.22. The van der Waals surface area contributed by atoms with Gasteiger partial charge < -0.3 is 10.2 Å². The molecule has 0 saturated carbocycles. The number of hydrogen-bond donors (Lipinski definition) is 2. The van der Waals surface area contributed by atoms with Crippen molar-refractivity contribution >= 4 is 34.5 Å². The highest BCUT2D eigenvalue weighted by atomic mass is 35.5. The zero-order valence-electron chi connectivity index (χ0n) is 14.1. The van der Waals surface area contributed by atoms with Crippen molar-refractivity contribution in [1.29, 1.82) is 0 Å². The van der Waals surface area contributed by atoms with Crippen molar-refractivity contribution in [2.24, 2.45) is 0 Å². The smallest absolute Gasteiger partial charge is 0.279 e. The summed E-state index contributed by atoms with van der Waals surface area (Å²) in [6.45, 7) is 7.55. The molecule has 1 aromatic carbocycles. The van der Waals surface area contributed by atoms with Gasteiger partial charge >= 0.3 is 0 Å². The SMILES string of the molecule is Cc1cccc(C(C)C)c1NC(=O)C[NH+](C)Cc1ccc(Cl)s1. The van der Waals surface area contributed by atoms with E-state index in [0.29, 0.717) is 12.5 Å². The minimum atomic E-state index is 0.0429. The van der Waals surface area contributed by atoms with Gasteiger partial charge in [-0.05, 0) is 36.1 Å². The maximum absolute atomic E-state index is 12.4. The van der Waals surface area contributed by atoms with Crippen LogP contribution in [0.2, 0.25) is 4.34 Å². The molecule has 1 amide bonds. The van der Waals surface area contributed by atoms with E-state index in [9.17, 15) is 4.79 Å². The van der Waals surface area contributed by atoms with Gasteiger partial charge in [0, 0.05) is 5.69 Å². The van der Waals surface area contributed by atoms with E-state index < -0.39 is 0 Å². The fraction of sp³-hybridized carbons (Fsp3) is 0.389. The fourth-order valence-corrected chi connectivity index (χ4v) is 3.81. The number of nitrogens with one attached hydrogen (secondary N) is 2. The van der Waals surface area contributed by atoms with Crippen LogP contribution in [-0.2, 0) is 11.3 Å². The third kappa shape index (κ3) is 5.06. The predicted molar refractivity (Wildman–Crippen MR) is 98.7 cm³/mol. The molecule has 0 radical (unpaired) electrons. The lowest BCUT2D eigenvalue weighted by Gasteiger charge is -2.18. The Morgan fingerprint density at radius 2 is 2.04 bits per heavy atom. The Morgan fingerprint density at radius 3 is 2.65 bits per heavy atom. The number of quaternary nitrogens is 1. The molecule has 23 heavy (non-hydrogen) atoms. The fourth-order valence-electron chi connectivity index (χ4n) is 2.61. The molecule has 1 unspecified atom stereocenters. The number of para-hydroxylation sites is 1. The van der Waals surface area contributed by atoms with Gasteiger partial charge in [-0.3, -0.25) is 4.79 Å². The van der Waals surface area contributed by atoms with Gasteiger partial charge in [0.15, 0.2) is 6.54 Å². The average Bonchev–Trinajstić information content (AvgIpc) is 2.85. The molecule has 0 spiro atoms. The molecule has 1 atom stereocenters. The van der Waals surface area contributed by atoms with Crippen LogP contribution in [0.15, 0.2) is 30.3 Å². The number of thiophene rings is 1. The molecule has 0 bridgehead atoms. The molecule has 0 aliphatic heterocycles. The summed E-state index contributed by atoms with van der Waals surface area (Å²) in [6, 6.07) is 10.1. The summed E-state index contributed by atoms with van der Waals surface area (Å²) >= 11 is 7.52. The Bertz CT molecular complexity index is 681. The van der Waals surface area contributed by atoms with Crippen molar-refractivity contribution in [1.82, 2.24) is 0 Å². The average molecular weight is 352 g/mol. The van der Waals surface area contributed by atoms with Crippen LogP contribution in [0.5, 0.6) is 0 Å². The predicted octanol–water partition coefficient (Wildman–Crippen LogP) is 3.49. The molecule has 0 fully saturated rings. The van der Waals surface area contributed by atoms with Gasteiger partial charge in [-0.15, -0.1) is 11.3 Å². The van der Waals surface area contributed by atoms with Crippen molar-refractivity contribution in [3.05, 3.63) is 50.7 Å². The third-order valence-corrected chi connectivity index (χ3v) is 4.99. The van der Waals surface area contributed by atoms with Gasteiger partial charge in [-0.25, -0.2) is 0 Å². The standard InChI is InChI=1S/C18H23ClN2OS/c1-12(2)15-7-5-6-13(3)18(15)20-17(22)11-21(4)10-14-8-9-16(19)23-14/h5-9,12H,10-11H2,1-4H3,(H,20,22)/p+1. The molecule has 3 nitrogen and oxygen atoms in total. The quantitative estimate of drug-likeness (QED) is 0.820. The topological polar surface area (TPSA) is 33.5 Å². The molecule has 1 aromatic heterocycles. The van der Waals surface area contributed by atoms with Gasteiger partial charge in [0.25, 0.3) is 5.91 Å². The first-order valence-electron chi connectivity index (χ1n) is 7.81. The van der Waals surface area contributed by atoms with E-state index in [4.69, 9.17) is 11.6 Å². The second-order valence-corrected chi connectivity index (χ2v) is 8.06. The normalized spacial score (nSPS) is 12.4. The van der Waals surface area contributed by atoms with E-state index in [1.165, 1.54) is 10.4 Å². The Morgan fingerprint density at radius 1 is 1.30 bits per heavy atom. The van der Waals surface area contributed by atoms with Crippen molar-refractivity contribution in [2.75, 3.05) is 18.9 Å². The number of amides is 1. The monoisotopic (exact) mass is 351 g/mol. The molecule has 1 heterocycles. The Labute approximate surface area is 147 Å². The summed E-state index contributed by atoms with van der Waals surface area (Å²) in [5, 5.41) is 3.10. The highest BCUT2D eigenvalue weighted by Crippen LogP contribution is 2.27. The van der Waals surface area contributed by atoms with Crippen LogP contribution in [-0.4, -0.2) is 19.5 Å². The van der Waals surface area contributed by atoms with Crippen LogP contribution in [0.1, 0.15) is 35.8 Å². The largest absolute Gasteiger partial charge is 0.325 e. The van der Waals surface area contributed by atoms with Crippen molar-refractivity contribution in [3.63, 3.8) is 0 Å². The summed E-state index contributed by atoms with van der Waals surface area (Å²) in [5.41, 5.74) is 3.24. The third-order valence-electron chi connectivity index (χ3n) is 3.76. The summed E-state index contributed by atoms with van der Waals surface area (Å²) < 4.78 is 0.790. The van der Waals surface area contributed by atoms with Crippen LogP contribution in [0.4, 0.5) is 5.69 Å². The van der Waals surface area contributed by atoms with Gasteiger partial charge in [0.1, 0.15) is 6.54 Å². The van der Waals surface area contributed by atoms with E-state index in [2.05, 4.69) is 25.2 Å². The van der Waals surface area contributed by atoms with E-state index >= 15 is 0 Å². The van der Waals surface area contributed by atoms with Crippen LogP contribution >= 0.6 is 22.9 Å². The van der Waals surface area contributed by atoms with E-state index in [0.717, 1.165) is 27.0 Å². The highest BCUT2D eigenvalue weighted by molar-refractivity contribution is 7.16. The molecule has 0 saturated heterocycles. The van der Waals surface area contributed by atoms with Crippen LogP contribution in [0.25, 0.3) is 0 Å². The molecule has 2 aromatic rings. The number of carbonyl (C=O) groups excluding carboxylic acids is 1. The van der Waals surface area contributed by atoms with Crippen LogP contribution in [0, 0.1) is 6.92 Å². The molecule has 124 valence electrons. The maximum atomic E-state index is 12.4. The molecule has 0 aliphatic carbocycles. The summed E-state index contributed by atoms with van der Waals surface area (Å²) in [6.07, 6.45) is 0. The Hall–Kier alpha value is -1.36. The first-order valence-corrected chi connectivity index (χ1v) is 9.01. The molecular weight excluding hydrogens is 328 g/mol. The van der Waals surface area contributed by atoms with Gasteiger partial charge in [0.2, 0.25) is 0 Å². The summed E-state index contributed by atoms with van der Waals surface area (Å²) in [5.74, 6) is 0.421. The molecule has 0 aliphatic rings. The summed E-state index contributed by atoms with van der Waals surface area (Å²) in [7, 11) is 2.02. The number of likely N-dealkylation sites (N-methyl/N-ethyl adjacent to an activating group) is 1. The van der Waals surface area contributed by atoms with E-state index in [-0.39, 0.29) is 5.91 Å². The van der Waals surface area contributed by atoms with Crippen molar-refractivity contribution in [3.8, 4) is 0 Å². The Balaban J connectivity index is 1.99. The van der Waals surface area contributed by atoms with Crippen molar-refractivity contribution < 1.29 is 9.69 Å². The number of anilines is 1. The first-order chi connectivity index (χ1) is 10.9. The van der Waals surface area contributed by atoms with E-state index in [1.807, 2.05) is 38.2 Å². The zero-order chi connectivity index (χ0) is 17.0. The second-order valence-electron chi connectivity index (χ2n) is 6.26. The number of halogens is 1. The zero-order valence-corrected chi connectivity index (χ0v) is 15.6. The first kappa shape index (κ1) is 18.0. The van der Waals surface area contributed by atoms with E-state index in [1.54, 1.807) is 11.3 Å². The van der Waals surface area contributed by atoms with Gasteiger partial charge in [-0.1, -0.05) is 43.6 Å². The molecule has 2 rings (SSSR count). The maximum Gasteiger partial charge on any atom is 0.279 e. The van der Waals surface area contributed by atoms with Gasteiger partial charge in [-0.2, -0.15) is 0 Å². The van der Waals surface area contributed by atoms with Crippen LogP contribution in [0.3, 0.4) is 0 Å². The van der Waals surface area contributed by atoms with Crippen molar-refractivity contribution in [2.45, 2.75) is 33.2 Å². The lowest BCUT2D eigenvalue weighted by atomic mass is 9.98. The minimum absolute atomic E-state index is 0.0429. The second kappa shape index (κ2) is 7.95. The lowest BCUT2D eigenvalue weighted by Crippen LogP contribution is -3.08. The molecule has 2 N–H and O–H groups in total. The lowest BCUT2D eigenvalue weighted by molar-refractivity contribution is -0.884. The number of carbonyl (C=O) groups is 1. The van der Waals surface area contributed by atoms with Crippen LogP contribution < -0.4 is 10.2 Å².